The fourth-order valence-corrected chi connectivity index (χ4v) is 3.66. The largest absolute Gasteiger partial charge is 0.372 e. The fourth-order valence-electron chi connectivity index (χ4n) is 3.66. The summed E-state index contributed by atoms with van der Waals surface area (Å²) in [5.74, 6) is -0.000788. The molecule has 0 saturated carbocycles. The minimum Gasteiger partial charge on any atom is -0.372 e. The molecule has 0 atom stereocenters. The Kier molecular flexibility index (Phi) is 6.32. The Balaban J connectivity index is 1.63. The summed E-state index contributed by atoms with van der Waals surface area (Å²) in [5, 5.41) is 3.09. The van der Waals surface area contributed by atoms with E-state index in [2.05, 4.69) is 54.4 Å². The SMILES string of the molecule is CCc1ccc(CC)c(CNC(=O)c2ccc(N3CCCCC3)cc2)c1. The molecule has 0 spiro atoms. The Morgan fingerprint density at radius 3 is 2.31 bits per heavy atom. The number of rotatable bonds is 6. The van der Waals surface area contributed by atoms with Gasteiger partial charge in [-0.05, 0) is 73.1 Å². The predicted octanol–water partition coefficient (Wildman–Crippen LogP) is 4.73. The smallest absolute Gasteiger partial charge is 0.251 e. The first-order valence-electron chi connectivity index (χ1n) is 9.95. The van der Waals surface area contributed by atoms with Gasteiger partial charge in [0.15, 0.2) is 0 Å². The first-order chi connectivity index (χ1) is 12.7. The van der Waals surface area contributed by atoms with E-state index >= 15 is 0 Å². The fraction of sp³-hybridized carbons (Fsp3) is 0.435. The van der Waals surface area contributed by atoms with Crippen molar-refractivity contribution in [2.75, 3.05) is 18.0 Å². The Hall–Kier alpha value is -2.29. The molecule has 1 heterocycles. The van der Waals surface area contributed by atoms with Gasteiger partial charge >= 0.3 is 0 Å². The first kappa shape index (κ1) is 18.5. The monoisotopic (exact) mass is 350 g/mol. The molecule has 0 aromatic heterocycles. The summed E-state index contributed by atoms with van der Waals surface area (Å²) in [6.07, 6.45) is 5.86. The van der Waals surface area contributed by atoms with E-state index < -0.39 is 0 Å². The average Bonchev–Trinajstić information content (AvgIpc) is 2.72. The highest BCUT2D eigenvalue weighted by atomic mass is 16.1. The molecule has 138 valence electrons. The van der Waals surface area contributed by atoms with Gasteiger partial charge in [0, 0.05) is 30.9 Å². The summed E-state index contributed by atoms with van der Waals surface area (Å²) in [4.78, 5) is 14.9. The highest BCUT2D eigenvalue weighted by Crippen LogP contribution is 2.20. The Bertz CT molecular complexity index is 730. The van der Waals surface area contributed by atoms with Crippen LogP contribution >= 0.6 is 0 Å². The van der Waals surface area contributed by atoms with E-state index in [0.29, 0.717) is 6.54 Å². The van der Waals surface area contributed by atoms with E-state index in [1.54, 1.807) is 0 Å². The Morgan fingerprint density at radius 1 is 0.923 bits per heavy atom. The summed E-state index contributed by atoms with van der Waals surface area (Å²) in [7, 11) is 0. The second-order valence-electron chi connectivity index (χ2n) is 7.09. The van der Waals surface area contributed by atoms with Crippen molar-refractivity contribution in [1.29, 1.82) is 0 Å². The normalized spacial score (nSPS) is 14.3. The number of hydrogen-bond acceptors (Lipinski definition) is 2. The minimum atomic E-state index is -0.000788. The van der Waals surface area contributed by atoms with Crippen LogP contribution in [0.3, 0.4) is 0 Å². The van der Waals surface area contributed by atoms with Gasteiger partial charge in [0.25, 0.3) is 5.91 Å². The highest BCUT2D eigenvalue weighted by Gasteiger charge is 2.12. The van der Waals surface area contributed by atoms with Crippen LogP contribution in [0.25, 0.3) is 0 Å². The first-order valence-corrected chi connectivity index (χ1v) is 9.95. The van der Waals surface area contributed by atoms with Gasteiger partial charge in [-0.25, -0.2) is 0 Å². The van der Waals surface area contributed by atoms with E-state index in [1.165, 1.54) is 41.6 Å². The van der Waals surface area contributed by atoms with Crippen LogP contribution in [-0.4, -0.2) is 19.0 Å². The second-order valence-corrected chi connectivity index (χ2v) is 7.09. The second kappa shape index (κ2) is 8.88. The van der Waals surface area contributed by atoms with E-state index in [0.717, 1.165) is 31.5 Å². The van der Waals surface area contributed by atoms with Crippen LogP contribution in [0.15, 0.2) is 42.5 Å². The molecule has 3 heteroatoms. The maximum absolute atomic E-state index is 12.5. The van der Waals surface area contributed by atoms with E-state index in [-0.39, 0.29) is 5.91 Å². The van der Waals surface area contributed by atoms with Gasteiger partial charge in [0.1, 0.15) is 0 Å². The van der Waals surface area contributed by atoms with Gasteiger partial charge in [-0.3, -0.25) is 4.79 Å². The third kappa shape index (κ3) is 4.46. The van der Waals surface area contributed by atoms with Crippen molar-refractivity contribution in [3.05, 3.63) is 64.7 Å². The Labute approximate surface area is 157 Å². The molecule has 0 aliphatic carbocycles. The quantitative estimate of drug-likeness (QED) is 0.817. The number of nitrogens with one attached hydrogen (secondary N) is 1. The summed E-state index contributed by atoms with van der Waals surface area (Å²) >= 11 is 0. The summed E-state index contributed by atoms with van der Waals surface area (Å²) in [6, 6.07) is 14.6. The number of amides is 1. The van der Waals surface area contributed by atoms with Gasteiger partial charge in [-0.2, -0.15) is 0 Å². The molecule has 0 unspecified atom stereocenters. The number of carbonyl (C=O) groups is 1. The van der Waals surface area contributed by atoms with Gasteiger partial charge in [-0.15, -0.1) is 0 Å². The minimum absolute atomic E-state index is 0.000788. The number of anilines is 1. The number of carbonyl (C=O) groups excluding carboxylic acids is 1. The lowest BCUT2D eigenvalue weighted by Gasteiger charge is -2.28. The van der Waals surface area contributed by atoms with Crippen molar-refractivity contribution in [1.82, 2.24) is 5.32 Å². The number of nitrogens with zero attached hydrogens (tertiary/aromatic N) is 1. The third-order valence-electron chi connectivity index (χ3n) is 5.35. The zero-order chi connectivity index (χ0) is 18.4. The molecule has 3 rings (SSSR count). The molecule has 1 saturated heterocycles. The maximum atomic E-state index is 12.5. The van der Waals surface area contributed by atoms with Crippen LogP contribution < -0.4 is 10.2 Å². The van der Waals surface area contributed by atoms with Gasteiger partial charge in [0.05, 0.1) is 0 Å². The van der Waals surface area contributed by atoms with Crippen molar-refractivity contribution in [3.8, 4) is 0 Å². The van der Waals surface area contributed by atoms with E-state index in [9.17, 15) is 4.79 Å². The van der Waals surface area contributed by atoms with Gasteiger partial charge in [0.2, 0.25) is 0 Å². The molecule has 2 aromatic carbocycles. The maximum Gasteiger partial charge on any atom is 0.251 e. The van der Waals surface area contributed by atoms with Crippen LogP contribution in [0, 0.1) is 0 Å². The zero-order valence-corrected chi connectivity index (χ0v) is 16.1. The van der Waals surface area contributed by atoms with Crippen molar-refractivity contribution in [3.63, 3.8) is 0 Å². The van der Waals surface area contributed by atoms with Crippen molar-refractivity contribution in [2.24, 2.45) is 0 Å². The van der Waals surface area contributed by atoms with Crippen molar-refractivity contribution in [2.45, 2.75) is 52.5 Å². The lowest BCUT2D eigenvalue weighted by Crippen LogP contribution is -2.29. The molecule has 2 aromatic rings. The molecule has 0 radical (unpaired) electrons. The predicted molar refractivity (Wildman–Crippen MR) is 109 cm³/mol. The van der Waals surface area contributed by atoms with E-state index in [4.69, 9.17) is 0 Å². The van der Waals surface area contributed by atoms with Crippen LogP contribution in [0.1, 0.15) is 60.2 Å². The lowest BCUT2D eigenvalue weighted by molar-refractivity contribution is 0.0951. The highest BCUT2D eigenvalue weighted by molar-refractivity contribution is 5.94. The molecule has 1 N–H and O–H groups in total. The number of benzene rings is 2. The van der Waals surface area contributed by atoms with Crippen molar-refractivity contribution >= 4 is 11.6 Å². The summed E-state index contributed by atoms with van der Waals surface area (Å²) in [5.41, 5.74) is 5.81. The Morgan fingerprint density at radius 2 is 1.65 bits per heavy atom. The molecule has 1 aliphatic heterocycles. The van der Waals surface area contributed by atoms with Crippen LogP contribution in [0.5, 0.6) is 0 Å². The molecule has 1 fully saturated rings. The van der Waals surface area contributed by atoms with Gasteiger partial charge in [-0.1, -0.05) is 32.0 Å². The molecular formula is C23H30N2O. The molecular weight excluding hydrogens is 320 g/mol. The summed E-state index contributed by atoms with van der Waals surface area (Å²) < 4.78 is 0. The average molecular weight is 351 g/mol. The standard InChI is InChI=1S/C23H30N2O/c1-3-18-8-9-19(4-2)21(16-18)17-24-23(26)20-10-12-22(13-11-20)25-14-6-5-7-15-25/h8-13,16H,3-7,14-15,17H2,1-2H3,(H,24,26). The molecule has 0 bridgehead atoms. The summed E-state index contributed by atoms with van der Waals surface area (Å²) in [6.45, 7) is 7.15. The van der Waals surface area contributed by atoms with Crippen molar-refractivity contribution < 1.29 is 4.79 Å². The molecule has 1 amide bonds. The number of aryl methyl sites for hydroxylation is 2. The zero-order valence-electron chi connectivity index (χ0n) is 16.1. The van der Waals surface area contributed by atoms with Crippen LogP contribution in [0.4, 0.5) is 5.69 Å². The van der Waals surface area contributed by atoms with Crippen LogP contribution in [0.2, 0.25) is 0 Å². The molecule has 26 heavy (non-hydrogen) atoms. The lowest BCUT2D eigenvalue weighted by atomic mass is 10.0. The topological polar surface area (TPSA) is 32.3 Å². The molecule has 1 aliphatic rings. The number of hydrogen-bond donors (Lipinski definition) is 1. The molecule has 3 nitrogen and oxygen atoms in total. The third-order valence-corrected chi connectivity index (χ3v) is 5.35. The number of piperidine rings is 1. The van der Waals surface area contributed by atoms with Gasteiger partial charge < -0.3 is 10.2 Å². The van der Waals surface area contributed by atoms with Crippen LogP contribution in [-0.2, 0) is 19.4 Å². The van der Waals surface area contributed by atoms with E-state index in [1.807, 2.05) is 12.1 Å².